The van der Waals surface area contributed by atoms with Crippen LogP contribution in [-0.2, 0) is 6.18 Å². The predicted octanol–water partition coefficient (Wildman–Crippen LogP) is 3.41. The van der Waals surface area contributed by atoms with Crippen molar-refractivity contribution in [2.24, 2.45) is 0 Å². The van der Waals surface area contributed by atoms with Gasteiger partial charge in [-0.15, -0.1) is 0 Å². The summed E-state index contributed by atoms with van der Waals surface area (Å²) in [5.41, 5.74) is -0.654. The fourth-order valence-corrected chi connectivity index (χ4v) is 2.82. The van der Waals surface area contributed by atoms with E-state index in [1.54, 1.807) is 0 Å². The highest BCUT2D eigenvalue weighted by Crippen LogP contribution is 2.30. The lowest BCUT2D eigenvalue weighted by Gasteiger charge is -2.23. The molecule has 17 heavy (non-hydrogen) atoms. The molecule has 2 heterocycles. The summed E-state index contributed by atoms with van der Waals surface area (Å²) in [7, 11) is 0. The van der Waals surface area contributed by atoms with Gasteiger partial charge in [0.15, 0.2) is 0 Å². The third kappa shape index (κ3) is 3.52. The summed E-state index contributed by atoms with van der Waals surface area (Å²) < 4.78 is 37.5. The molecule has 1 aliphatic rings. The number of nitrogens with one attached hydrogen (secondary N) is 1. The molecule has 94 valence electrons. The van der Waals surface area contributed by atoms with E-state index in [2.05, 4.69) is 10.3 Å². The molecule has 1 aromatic heterocycles. The van der Waals surface area contributed by atoms with E-state index < -0.39 is 11.7 Å². The second-order valence-corrected chi connectivity index (χ2v) is 5.14. The van der Waals surface area contributed by atoms with Crippen molar-refractivity contribution in [3.63, 3.8) is 0 Å². The molecule has 1 aromatic rings. The third-order valence-corrected chi connectivity index (χ3v) is 3.81. The molecule has 0 spiro atoms. The SMILES string of the molecule is FC(F)(F)c1ccnc(NC2CCCSC2)c1. The minimum Gasteiger partial charge on any atom is -0.367 e. The van der Waals surface area contributed by atoms with E-state index in [0.717, 1.165) is 36.5 Å². The highest BCUT2D eigenvalue weighted by molar-refractivity contribution is 7.99. The Morgan fingerprint density at radius 2 is 2.24 bits per heavy atom. The Hall–Kier alpha value is -0.910. The average Bonchev–Trinajstić information content (AvgIpc) is 2.29. The Labute approximate surface area is 102 Å². The van der Waals surface area contributed by atoms with Crippen molar-refractivity contribution < 1.29 is 13.2 Å². The van der Waals surface area contributed by atoms with E-state index in [1.165, 1.54) is 6.20 Å². The number of aromatic nitrogens is 1. The van der Waals surface area contributed by atoms with Crippen molar-refractivity contribution in [2.45, 2.75) is 25.1 Å². The number of halogens is 3. The van der Waals surface area contributed by atoms with Crippen LogP contribution < -0.4 is 5.32 Å². The van der Waals surface area contributed by atoms with Crippen LogP contribution in [0.4, 0.5) is 19.0 Å². The standard InChI is InChI=1S/C11H13F3N2S/c12-11(13,14)8-3-4-15-10(6-8)16-9-2-1-5-17-7-9/h3-4,6,9H,1-2,5,7H2,(H,15,16). The zero-order valence-corrected chi connectivity index (χ0v) is 9.94. The van der Waals surface area contributed by atoms with Crippen LogP contribution in [0, 0.1) is 0 Å². The fourth-order valence-electron chi connectivity index (χ4n) is 1.75. The van der Waals surface area contributed by atoms with Crippen molar-refractivity contribution >= 4 is 17.6 Å². The van der Waals surface area contributed by atoms with Crippen molar-refractivity contribution in [2.75, 3.05) is 16.8 Å². The van der Waals surface area contributed by atoms with Gasteiger partial charge in [0.2, 0.25) is 0 Å². The highest BCUT2D eigenvalue weighted by Gasteiger charge is 2.30. The van der Waals surface area contributed by atoms with E-state index >= 15 is 0 Å². The smallest absolute Gasteiger partial charge is 0.367 e. The van der Waals surface area contributed by atoms with Gasteiger partial charge in [-0.05, 0) is 30.7 Å². The molecule has 1 unspecified atom stereocenters. The third-order valence-electron chi connectivity index (χ3n) is 2.60. The Bertz CT molecular complexity index is 375. The normalized spacial score (nSPS) is 21.2. The second-order valence-electron chi connectivity index (χ2n) is 3.99. The molecular formula is C11H13F3N2S. The van der Waals surface area contributed by atoms with Gasteiger partial charge < -0.3 is 5.32 Å². The summed E-state index contributed by atoms with van der Waals surface area (Å²) in [5, 5.41) is 3.06. The van der Waals surface area contributed by atoms with Gasteiger partial charge >= 0.3 is 6.18 Å². The fraction of sp³-hybridized carbons (Fsp3) is 0.545. The monoisotopic (exact) mass is 262 g/mol. The number of rotatable bonds is 2. The Morgan fingerprint density at radius 3 is 2.88 bits per heavy atom. The zero-order chi connectivity index (χ0) is 12.3. The van der Waals surface area contributed by atoms with Gasteiger partial charge in [0, 0.05) is 18.0 Å². The molecule has 1 N–H and O–H groups in total. The largest absolute Gasteiger partial charge is 0.416 e. The maximum Gasteiger partial charge on any atom is 0.416 e. The van der Waals surface area contributed by atoms with Gasteiger partial charge in [0.05, 0.1) is 5.56 Å². The number of alkyl halides is 3. The number of thioether (sulfide) groups is 1. The summed E-state index contributed by atoms with van der Waals surface area (Å²) in [6.45, 7) is 0. The molecule has 0 aromatic carbocycles. The number of nitrogens with zero attached hydrogens (tertiary/aromatic N) is 1. The second kappa shape index (κ2) is 5.16. The number of hydrogen-bond donors (Lipinski definition) is 1. The predicted molar refractivity (Wildman–Crippen MR) is 63.2 cm³/mol. The van der Waals surface area contributed by atoms with E-state index in [-0.39, 0.29) is 6.04 Å². The first kappa shape index (κ1) is 12.5. The van der Waals surface area contributed by atoms with Crippen LogP contribution in [0.15, 0.2) is 18.3 Å². The van der Waals surface area contributed by atoms with Crippen molar-refractivity contribution in [1.29, 1.82) is 0 Å². The van der Waals surface area contributed by atoms with E-state index in [1.807, 2.05) is 11.8 Å². The average molecular weight is 262 g/mol. The van der Waals surface area contributed by atoms with E-state index in [9.17, 15) is 13.2 Å². The maximum absolute atomic E-state index is 12.5. The van der Waals surface area contributed by atoms with Gasteiger partial charge in [-0.2, -0.15) is 24.9 Å². The molecule has 1 fully saturated rings. The van der Waals surface area contributed by atoms with Crippen LogP contribution in [0.25, 0.3) is 0 Å². The van der Waals surface area contributed by atoms with Gasteiger partial charge in [-0.1, -0.05) is 0 Å². The topological polar surface area (TPSA) is 24.9 Å². The number of hydrogen-bond acceptors (Lipinski definition) is 3. The van der Waals surface area contributed by atoms with Crippen LogP contribution in [-0.4, -0.2) is 22.5 Å². The lowest BCUT2D eigenvalue weighted by Crippen LogP contribution is -2.26. The molecule has 6 heteroatoms. The maximum atomic E-state index is 12.5. The van der Waals surface area contributed by atoms with E-state index in [0.29, 0.717) is 5.82 Å². The Morgan fingerprint density at radius 1 is 1.41 bits per heavy atom. The summed E-state index contributed by atoms with van der Waals surface area (Å²) in [4.78, 5) is 3.93. The lowest BCUT2D eigenvalue weighted by molar-refractivity contribution is -0.137. The first-order chi connectivity index (χ1) is 8.05. The molecule has 2 nitrogen and oxygen atoms in total. The van der Waals surface area contributed by atoms with Gasteiger partial charge in [0.1, 0.15) is 5.82 Å². The van der Waals surface area contributed by atoms with E-state index in [4.69, 9.17) is 0 Å². The molecular weight excluding hydrogens is 249 g/mol. The molecule has 0 aliphatic carbocycles. The van der Waals surface area contributed by atoms with Crippen LogP contribution in [0.2, 0.25) is 0 Å². The van der Waals surface area contributed by atoms with Crippen LogP contribution in [0.3, 0.4) is 0 Å². The van der Waals surface area contributed by atoms with Crippen LogP contribution >= 0.6 is 11.8 Å². The van der Waals surface area contributed by atoms with Crippen LogP contribution in [0.1, 0.15) is 18.4 Å². The zero-order valence-electron chi connectivity index (χ0n) is 9.13. The number of anilines is 1. The molecule has 0 saturated carbocycles. The molecule has 1 aliphatic heterocycles. The lowest BCUT2D eigenvalue weighted by atomic mass is 10.2. The van der Waals surface area contributed by atoms with Gasteiger partial charge in [-0.25, -0.2) is 4.98 Å². The van der Waals surface area contributed by atoms with Crippen molar-refractivity contribution in [3.05, 3.63) is 23.9 Å². The van der Waals surface area contributed by atoms with Gasteiger partial charge in [0.25, 0.3) is 0 Å². The molecule has 2 rings (SSSR count). The molecule has 1 saturated heterocycles. The molecule has 0 radical (unpaired) electrons. The van der Waals surface area contributed by atoms with Crippen molar-refractivity contribution in [3.8, 4) is 0 Å². The minimum atomic E-state index is -4.30. The molecule has 0 amide bonds. The summed E-state index contributed by atoms with van der Waals surface area (Å²) in [6, 6.07) is 2.28. The first-order valence-corrected chi connectivity index (χ1v) is 6.59. The Kier molecular flexibility index (Phi) is 3.81. The summed E-state index contributed by atoms with van der Waals surface area (Å²) in [5.74, 6) is 2.37. The Balaban J connectivity index is 2.05. The summed E-state index contributed by atoms with van der Waals surface area (Å²) in [6.07, 6.45) is -1.02. The van der Waals surface area contributed by atoms with Crippen LogP contribution in [0.5, 0.6) is 0 Å². The first-order valence-electron chi connectivity index (χ1n) is 5.43. The molecule has 0 bridgehead atoms. The van der Waals surface area contributed by atoms with Gasteiger partial charge in [-0.3, -0.25) is 0 Å². The highest BCUT2D eigenvalue weighted by atomic mass is 32.2. The molecule has 1 atom stereocenters. The van der Waals surface area contributed by atoms with Crippen molar-refractivity contribution in [1.82, 2.24) is 4.98 Å². The summed E-state index contributed by atoms with van der Waals surface area (Å²) >= 11 is 1.82. The quantitative estimate of drug-likeness (QED) is 0.884. The minimum absolute atomic E-state index is 0.227. The number of pyridine rings is 1.